The van der Waals surface area contributed by atoms with Crippen molar-refractivity contribution in [3.8, 4) is 0 Å². The minimum Gasteiger partial charge on any atom is -0.374 e. The number of rotatable bonds is 7. The fraction of sp³-hybridized carbons (Fsp3) is 0.333. The number of imidazole rings is 1. The first kappa shape index (κ1) is 30.6. The Balaban J connectivity index is 1.71. The van der Waals surface area contributed by atoms with Crippen LogP contribution >= 0.6 is 0 Å². The molecule has 0 aliphatic carbocycles. The highest BCUT2D eigenvalue weighted by Gasteiger charge is 2.63. The molecule has 4 rings (SSSR count). The molecule has 0 spiro atoms. The summed E-state index contributed by atoms with van der Waals surface area (Å²) in [7, 11) is 0. The van der Waals surface area contributed by atoms with Gasteiger partial charge in [0.25, 0.3) is 11.5 Å². The number of nitrogens with zero attached hydrogens (tertiary/aromatic N) is 3. The zero-order valence-electron chi connectivity index (χ0n) is 20.7. The van der Waals surface area contributed by atoms with E-state index in [9.17, 15) is 53.5 Å². The summed E-state index contributed by atoms with van der Waals surface area (Å²) in [5, 5.41) is 7.81. The quantitative estimate of drug-likeness (QED) is 0.376. The Kier molecular flexibility index (Phi) is 7.86. The Morgan fingerprint density at radius 2 is 1.60 bits per heavy atom. The molecule has 8 nitrogen and oxygen atoms in total. The van der Waals surface area contributed by atoms with Crippen molar-refractivity contribution in [3.63, 3.8) is 0 Å². The van der Waals surface area contributed by atoms with Gasteiger partial charge in [-0.1, -0.05) is 5.16 Å². The van der Waals surface area contributed by atoms with Gasteiger partial charge in [0.05, 0.1) is 29.8 Å². The van der Waals surface area contributed by atoms with Crippen LogP contribution in [0.5, 0.6) is 0 Å². The van der Waals surface area contributed by atoms with Gasteiger partial charge in [0.15, 0.2) is 0 Å². The number of pyridine rings is 1. The number of carbonyl (C=O) groups is 2. The number of amides is 2. The van der Waals surface area contributed by atoms with Crippen molar-refractivity contribution in [3.05, 3.63) is 70.7 Å². The number of hydrogen-bond acceptors (Lipinski definition) is 5. The fourth-order valence-electron chi connectivity index (χ4n) is 4.16. The number of aromatic nitrogens is 2. The van der Waals surface area contributed by atoms with Gasteiger partial charge in [-0.15, -0.1) is 0 Å². The highest BCUT2D eigenvalue weighted by molar-refractivity contribution is 6.07. The van der Waals surface area contributed by atoms with E-state index in [2.05, 4.69) is 25.6 Å². The normalized spacial score (nSPS) is 17.6. The number of halogens is 10. The van der Waals surface area contributed by atoms with Crippen LogP contribution in [0.3, 0.4) is 0 Å². The van der Waals surface area contributed by atoms with E-state index in [1.54, 1.807) is 0 Å². The Bertz CT molecular complexity index is 1510. The standard InChI is InChI=1S/C24H17F10N5O3/c25-3-4-35-18(40)11-37-20(41)17-2-1-15(19-36-5-6-39(17)19)16-10-21(42-38-16,24(32,33)34)12-7-13(22(26,27)28)9-14(8-12)23(29,30)31/h1-2,5-9H,3-4,10-11H2,(H,35,40)(H,37,41). The van der Waals surface area contributed by atoms with Crippen molar-refractivity contribution in [1.82, 2.24) is 20.0 Å². The lowest BCUT2D eigenvalue weighted by molar-refractivity contribution is -0.276. The van der Waals surface area contributed by atoms with E-state index in [-0.39, 0.29) is 41.6 Å². The van der Waals surface area contributed by atoms with Gasteiger partial charge >= 0.3 is 18.5 Å². The van der Waals surface area contributed by atoms with Crippen LogP contribution in [-0.2, 0) is 27.6 Å². The van der Waals surface area contributed by atoms with Crippen LogP contribution in [0.15, 0.2) is 47.9 Å². The number of alkyl halides is 10. The lowest BCUT2D eigenvalue weighted by Gasteiger charge is -2.30. The molecule has 1 aliphatic heterocycles. The molecule has 2 amide bonds. The molecule has 2 N–H and O–H groups in total. The molecular formula is C24H17F10N5O3. The van der Waals surface area contributed by atoms with Gasteiger partial charge in [0, 0.05) is 30.1 Å². The van der Waals surface area contributed by atoms with Gasteiger partial charge < -0.3 is 15.5 Å². The topological polar surface area (TPSA) is 97.1 Å². The monoisotopic (exact) mass is 613 g/mol. The Morgan fingerprint density at radius 3 is 2.17 bits per heavy atom. The summed E-state index contributed by atoms with van der Waals surface area (Å²) in [5.41, 5.74) is -10.2. The van der Waals surface area contributed by atoms with E-state index in [1.165, 1.54) is 6.20 Å². The molecular weight excluding hydrogens is 596 g/mol. The van der Waals surface area contributed by atoms with Crippen LogP contribution in [-0.4, -0.2) is 52.9 Å². The first-order valence-corrected chi connectivity index (χ1v) is 11.7. The Hall–Kier alpha value is -4.38. The van der Waals surface area contributed by atoms with Crippen molar-refractivity contribution in [1.29, 1.82) is 0 Å². The highest BCUT2D eigenvalue weighted by Crippen LogP contribution is 2.51. The van der Waals surface area contributed by atoms with Gasteiger partial charge in [-0.3, -0.25) is 14.0 Å². The number of benzene rings is 1. The third-order valence-corrected chi connectivity index (χ3v) is 6.16. The smallest absolute Gasteiger partial charge is 0.374 e. The first-order chi connectivity index (χ1) is 19.5. The molecule has 1 atom stereocenters. The van der Waals surface area contributed by atoms with Crippen LogP contribution in [0.1, 0.15) is 39.2 Å². The molecule has 1 aliphatic rings. The molecule has 0 saturated carbocycles. The second-order valence-corrected chi connectivity index (χ2v) is 8.90. The average Bonchev–Trinajstić information content (AvgIpc) is 3.57. The summed E-state index contributed by atoms with van der Waals surface area (Å²) in [5.74, 6) is -1.54. The molecule has 226 valence electrons. The second-order valence-electron chi connectivity index (χ2n) is 8.90. The van der Waals surface area contributed by atoms with Crippen LogP contribution in [0, 0.1) is 0 Å². The summed E-state index contributed by atoms with van der Waals surface area (Å²) in [6, 6.07) is 1.74. The van der Waals surface area contributed by atoms with Gasteiger partial charge in [-0.2, -0.15) is 39.5 Å². The summed E-state index contributed by atoms with van der Waals surface area (Å²) in [6.07, 6.45) is -15.3. The van der Waals surface area contributed by atoms with E-state index >= 15 is 0 Å². The van der Waals surface area contributed by atoms with Crippen LogP contribution in [0.25, 0.3) is 5.65 Å². The van der Waals surface area contributed by atoms with Crippen LogP contribution in [0.4, 0.5) is 43.9 Å². The average molecular weight is 613 g/mol. The Labute approximate surface area is 228 Å². The molecule has 1 unspecified atom stereocenters. The fourth-order valence-corrected chi connectivity index (χ4v) is 4.16. The zero-order valence-corrected chi connectivity index (χ0v) is 20.7. The molecule has 0 radical (unpaired) electrons. The van der Waals surface area contributed by atoms with Crippen molar-refractivity contribution in [2.24, 2.45) is 5.16 Å². The van der Waals surface area contributed by atoms with Crippen molar-refractivity contribution < 1.29 is 58.3 Å². The van der Waals surface area contributed by atoms with E-state index in [0.29, 0.717) is 0 Å². The third-order valence-electron chi connectivity index (χ3n) is 6.16. The number of fused-ring (bicyclic) bond motifs is 1. The van der Waals surface area contributed by atoms with Gasteiger partial charge in [0.2, 0.25) is 5.91 Å². The summed E-state index contributed by atoms with van der Waals surface area (Å²) < 4.78 is 137. The van der Waals surface area contributed by atoms with Gasteiger partial charge in [-0.05, 0) is 30.3 Å². The van der Waals surface area contributed by atoms with E-state index in [4.69, 9.17) is 0 Å². The van der Waals surface area contributed by atoms with Crippen molar-refractivity contribution in [2.75, 3.05) is 19.8 Å². The molecule has 2 aromatic heterocycles. The molecule has 18 heteroatoms. The molecule has 0 bridgehead atoms. The second kappa shape index (κ2) is 10.8. The van der Waals surface area contributed by atoms with Crippen LogP contribution in [0.2, 0.25) is 0 Å². The predicted molar refractivity (Wildman–Crippen MR) is 123 cm³/mol. The number of hydrogen-bond donors (Lipinski definition) is 2. The molecule has 0 saturated heterocycles. The van der Waals surface area contributed by atoms with Crippen molar-refractivity contribution in [2.45, 2.75) is 30.6 Å². The largest absolute Gasteiger partial charge is 0.435 e. The zero-order chi connectivity index (χ0) is 31.1. The summed E-state index contributed by atoms with van der Waals surface area (Å²) >= 11 is 0. The Morgan fingerprint density at radius 1 is 0.952 bits per heavy atom. The lowest BCUT2D eigenvalue weighted by atomic mass is 9.84. The molecule has 3 aromatic rings. The molecule has 3 heterocycles. The molecule has 42 heavy (non-hydrogen) atoms. The van der Waals surface area contributed by atoms with E-state index in [0.717, 1.165) is 22.7 Å². The SMILES string of the molecule is O=C(CNC(=O)c1ccc(C2=NOC(c3cc(C(F)(F)F)cc(C(F)(F)F)c3)(C(F)(F)F)C2)c2nccn12)NCCF. The predicted octanol–water partition coefficient (Wildman–Crippen LogP) is 4.77. The first-order valence-electron chi connectivity index (χ1n) is 11.7. The van der Waals surface area contributed by atoms with E-state index < -0.39 is 78.0 Å². The lowest BCUT2D eigenvalue weighted by Crippen LogP contribution is -2.43. The van der Waals surface area contributed by atoms with Gasteiger partial charge in [-0.25, -0.2) is 9.37 Å². The number of carbonyl (C=O) groups excluding carboxylic acids is 2. The van der Waals surface area contributed by atoms with Gasteiger partial charge in [0.1, 0.15) is 18.0 Å². The maximum Gasteiger partial charge on any atom is 0.435 e. The van der Waals surface area contributed by atoms with Crippen molar-refractivity contribution >= 4 is 23.2 Å². The molecule has 1 aromatic carbocycles. The summed E-state index contributed by atoms with van der Waals surface area (Å²) in [4.78, 5) is 32.8. The highest BCUT2D eigenvalue weighted by atomic mass is 19.4. The van der Waals surface area contributed by atoms with E-state index in [1.807, 2.05) is 0 Å². The third kappa shape index (κ3) is 5.82. The minimum absolute atomic E-state index is 0.0799. The number of nitrogens with one attached hydrogen (secondary N) is 2. The van der Waals surface area contributed by atoms with Crippen LogP contribution < -0.4 is 10.6 Å². The summed E-state index contributed by atoms with van der Waals surface area (Å²) in [6.45, 7) is -1.66. The maximum atomic E-state index is 14.4. The molecule has 0 fully saturated rings. The number of oxime groups is 1. The maximum absolute atomic E-state index is 14.4. The minimum atomic E-state index is -5.54.